The molecule has 0 saturated heterocycles. The molecule has 0 heterocycles. The first kappa shape index (κ1) is 12.4. The third-order valence-corrected chi connectivity index (χ3v) is 2.36. The van der Waals surface area contributed by atoms with Crippen molar-refractivity contribution < 1.29 is 4.79 Å². The van der Waals surface area contributed by atoms with Crippen molar-refractivity contribution in [2.24, 2.45) is 5.92 Å². The van der Waals surface area contributed by atoms with E-state index < -0.39 is 0 Å². The number of ketones is 1. The average Bonchev–Trinajstić information content (AvgIpc) is 2.13. The summed E-state index contributed by atoms with van der Waals surface area (Å²) in [6.07, 6.45) is 9.01. The van der Waals surface area contributed by atoms with E-state index in [4.69, 9.17) is 0 Å². The largest absolute Gasteiger partial charge is 0.299 e. The summed E-state index contributed by atoms with van der Waals surface area (Å²) >= 11 is 0. The van der Waals surface area contributed by atoms with Gasteiger partial charge in [-0.3, -0.25) is 4.79 Å². The van der Waals surface area contributed by atoms with Crippen molar-refractivity contribution in [2.75, 3.05) is 0 Å². The summed E-state index contributed by atoms with van der Waals surface area (Å²) in [5.74, 6) is 0.755. The lowest BCUT2D eigenvalue weighted by molar-refractivity contribution is -0.123. The van der Waals surface area contributed by atoms with Crippen molar-refractivity contribution in [3.8, 4) is 0 Å². The van der Waals surface area contributed by atoms with Crippen LogP contribution in [0.15, 0.2) is 12.2 Å². The van der Waals surface area contributed by atoms with Crippen LogP contribution in [0.4, 0.5) is 0 Å². The minimum Gasteiger partial charge on any atom is -0.299 e. The second-order valence-electron chi connectivity index (χ2n) is 3.47. The summed E-state index contributed by atoms with van der Waals surface area (Å²) in [6.45, 7) is 6.19. The van der Waals surface area contributed by atoms with Crippen LogP contribution < -0.4 is 0 Å². The van der Waals surface area contributed by atoms with Crippen LogP contribution in [0.1, 0.15) is 52.9 Å². The number of allylic oxidation sites excluding steroid dienone is 2. The number of hydrogen-bond acceptors (Lipinski definition) is 1. The summed E-state index contributed by atoms with van der Waals surface area (Å²) in [5.41, 5.74) is 0. The van der Waals surface area contributed by atoms with Gasteiger partial charge in [0.2, 0.25) is 0 Å². The number of carbonyl (C=O) groups is 1. The molecular formula is C12H22O. The summed E-state index contributed by atoms with van der Waals surface area (Å²) in [4.78, 5) is 11.5. The first-order valence-corrected chi connectivity index (χ1v) is 5.40. The van der Waals surface area contributed by atoms with Gasteiger partial charge in [-0.15, -0.1) is 0 Å². The van der Waals surface area contributed by atoms with Gasteiger partial charge in [0.15, 0.2) is 0 Å². The van der Waals surface area contributed by atoms with E-state index in [0.29, 0.717) is 11.7 Å². The van der Waals surface area contributed by atoms with E-state index >= 15 is 0 Å². The Morgan fingerprint density at radius 2 is 2.08 bits per heavy atom. The second kappa shape index (κ2) is 8.03. The molecule has 1 heteroatoms. The monoisotopic (exact) mass is 182 g/mol. The van der Waals surface area contributed by atoms with Gasteiger partial charge in [-0.1, -0.05) is 26.0 Å². The van der Waals surface area contributed by atoms with E-state index in [1.807, 2.05) is 6.92 Å². The van der Waals surface area contributed by atoms with E-state index in [9.17, 15) is 4.79 Å². The molecule has 0 aliphatic heterocycles. The van der Waals surface area contributed by atoms with Gasteiger partial charge in [0, 0.05) is 12.3 Å². The van der Waals surface area contributed by atoms with Crippen LogP contribution in [0.5, 0.6) is 0 Å². The third kappa shape index (κ3) is 5.62. The van der Waals surface area contributed by atoms with Crippen LogP contribution in [-0.2, 0) is 4.79 Å². The van der Waals surface area contributed by atoms with E-state index in [2.05, 4.69) is 26.0 Å². The van der Waals surface area contributed by atoms with Gasteiger partial charge in [0.25, 0.3) is 0 Å². The Bertz CT molecular complexity index is 159. The molecule has 0 fully saturated rings. The quantitative estimate of drug-likeness (QED) is 0.548. The predicted octanol–water partition coefficient (Wildman–Crippen LogP) is 3.74. The summed E-state index contributed by atoms with van der Waals surface area (Å²) in [7, 11) is 0. The highest BCUT2D eigenvalue weighted by atomic mass is 16.1. The SMILES string of the molecule is CC=CCCC(CC)C(=O)CCC. The molecule has 0 saturated carbocycles. The van der Waals surface area contributed by atoms with Crippen LogP contribution in [0.25, 0.3) is 0 Å². The summed E-state index contributed by atoms with van der Waals surface area (Å²) < 4.78 is 0. The highest BCUT2D eigenvalue weighted by molar-refractivity contribution is 5.80. The lowest BCUT2D eigenvalue weighted by Crippen LogP contribution is -2.12. The molecule has 1 atom stereocenters. The van der Waals surface area contributed by atoms with Crippen molar-refractivity contribution in [1.82, 2.24) is 0 Å². The highest BCUT2D eigenvalue weighted by Gasteiger charge is 2.13. The Labute approximate surface area is 82.2 Å². The molecule has 0 aromatic carbocycles. The van der Waals surface area contributed by atoms with Crippen molar-refractivity contribution in [3.63, 3.8) is 0 Å². The molecule has 1 nitrogen and oxygen atoms in total. The Balaban J connectivity index is 3.80. The van der Waals surface area contributed by atoms with Crippen LogP contribution in [0.3, 0.4) is 0 Å². The second-order valence-corrected chi connectivity index (χ2v) is 3.47. The molecule has 0 bridgehead atoms. The smallest absolute Gasteiger partial charge is 0.135 e. The maximum absolute atomic E-state index is 11.5. The Kier molecular flexibility index (Phi) is 7.66. The standard InChI is InChI=1S/C12H22O/c1-4-7-8-10-11(6-3)12(13)9-5-2/h4,7,11H,5-6,8-10H2,1-3H3. The maximum Gasteiger partial charge on any atom is 0.135 e. The molecule has 0 rings (SSSR count). The average molecular weight is 182 g/mol. The van der Waals surface area contributed by atoms with Gasteiger partial charge in [-0.05, 0) is 32.6 Å². The fraction of sp³-hybridized carbons (Fsp3) is 0.750. The molecule has 13 heavy (non-hydrogen) atoms. The lowest BCUT2D eigenvalue weighted by Gasteiger charge is -2.11. The zero-order valence-electron chi connectivity index (χ0n) is 9.18. The zero-order chi connectivity index (χ0) is 10.1. The fourth-order valence-corrected chi connectivity index (χ4v) is 1.51. The van der Waals surface area contributed by atoms with Gasteiger partial charge in [0.05, 0.1) is 0 Å². The lowest BCUT2D eigenvalue weighted by atomic mass is 9.93. The molecular weight excluding hydrogens is 160 g/mol. The molecule has 0 aromatic heterocycles. The van der Waals surface area contributed by atoms with Crippen molar-refractivity contribution in [2.45, 2.75) is 52.9 Å². The van der Waals surface area contributed by atoms with Crippen LogP contribution in [0, 0.1) is 5.92 Å². The molecule has 0 aliphatic carbocycles. The molecule has 0 amide bonds. The molecule has 1 unspecified atom stereocenters. The van der Waals surface area contributed by atoms with Crippen molar-refractivity contribution >= 4 is 5.78 Å². The van der Waals surface area contributed by atoms with Crippen molar-refractivity contribution in [3.05, 3.63) is 12.2 Å². The number of hydrogen-bond donors (Lipinski definition) is 0. The first-order chi connectivity index (χ1) is 6.26. The number of rotatable bonds is 7. The van der Waals surface area contributed by atoms with Gasteiger partial charge < -0.3 is 0 Å². The number of Topliss-reactive ketones (excluding diaryl/α,β-unsaturated/α-hetero) is 1. The third-order valence-electron chi connectivity index (χ3n) is 2.36. The van der Waals surface area contributed by atoms with E-state index in [1.54, 1.807) is 0 Å². The van der Waals surface area contributed by atoms with Crippen LogP contribution >= 0.6 is 0 Å². The van der Waals surface area contributed by atoms with Gasteiger partial charge in [-0.2, -0.15) is 0 Å². The zero-order valence-corrected chi connectivity index (χ0v) is 9.18. The molecule has 0 aliphatic rings. The van der Waals surface area contributed by atoms with Crippen molar-refractivity contribution in [1.29, 1.82) is 0 Å². The minimum atomic E-state index is 0.302. The summed E-state index contributed by atoms with van der Waals surface area (Å²) in [5, 5.41) is 0. The molecule has 76 valence electrons. The Morgan fingerprint density at radius 3 is 2.54 bits per heavy atom. The van der Waals surface area contributed by atoms with Gasteiger partial charge in [-0.25, -0.2) is 0 Å². The van der Waals surface area contributed by atoms with E-state index in [0.717, 1.165) is 32.1 Å². The topological polar surface area (TPSA) is 17.1 Å². The Hall–Kier alpha value is -0.590. The van der Waals surface area contributed by atoms with Crippen LogP contribution in [-0.4, -0.2) is 5.78 Å². The molecule has 0 aromatic rings. The molecule has 0 spiro atoms. The van der Waals surface area contributed by atoms with Gasteiger partial charge in [0.1, 0.15) is 5.78 Å². The van der Waals surface area contributed by atoms with E-state index in [1.165, 1.54) is 0 Å². The minimum absolute atomic E-state index is 0.302. The fourth-order valence-electron chi connectivity index (χ4n) is 1.51. The van der Waals surface area contributed by atoms with E-state index in [-0.39, 0.29) is 0 Å². The van der Waals surface area contributed by atoms with Crippen LogP contribution in [0.2, 0.25) is 0 Å². The summed E-state index contributed by atoms with van der Waals surface area (Å²) in [6, 6.07) is 0. The normalized spacial score (nSPS) is 13.5. The molecule has 0 N–H and O–H groups in total. The first-order valence-electron chi connectivity index (χ1n) is 5.40. The molecule has 0 radical (unpaired) electrons. The highest BCUT2D eigenvalue weighted by Crippen LogP contribution is 2.15. The van der Waals surface area contributed by atoms with Gasteiger partial charge >= 0.3 is 0 Å². The number of carbonyl (C=O) groups excluding carboxylic acids is 1. The maximum atomic E-state index is 11.5. The predicted molar refractivity (Wildman–Crippen MR) is 57.7 cm³/mol. The Morgan fingerprint density at radius 1 is 1.38 bits per heavy atom.